The van der Waals surface area contributed by atoms with Crippen molar-refractivity contribution in [3.05, 3.63) is 34.7 Å². The molecule has 0 saturated carbocycles. The third-order valence-corrected chi connectivity index (χ3v) is 2.85. The second kappa shape index (κ2) is 4.35. The topological polar surface area (TPSA) is 79.1 Å². The minimum Gasteiger partial charge on any atom is -0.480 e. The zero-order chi connectivity index (χ0) is 12.6. The minimum absolute atomic E-state index is 0.0217. The molecule has 0 aliphatic rings. The molecule has 90 valence electrons. The van der Waals surface area contributed by atoms with Gasteiger partial charge in [0.05, 0.1) is 5.02 Å². The van der Waals surface area contributed by atoms with Crippen LogP contribution in [0.15, 0.2) is 18.3 Å². The first kappa shape index (κ1) is 11.9. The molecule has 0 aliphatic heterocycles. The van der Waals surface area contributed by atoms with Crippen molar-refractivity contribution in [2.45, 2.75) is 12.5 Å². The number of carbonyl (C=O) groups is 1. The number of aliphatic carboxylic acids is 1. The Bertz CT molecular complexity index is 582. The highest BCUT2D eigenvalue weighted by Gasteiger charge is 2.15. The van der Waals surface area contributed by atoms with Crippen molar-refractivity contribution in [3.63, 3.8) is 0 Å². The lowest BCUT2D eigenvalue weighted by Gasteiger charge is -2.05. The maximum Gasteiger partial charge on any atom is 0.320 e. The lowest BCUT2D eigenvalue weighted by atomic mass is 10.1. The van der Waals surface area contributed by atoms with Crippen LogP contribution in [0.5, 0.6) is 0 Å². The van der Waals surface area contributed by atoms with E-state index in [1.807, 2.05) is 0 Å². The van der Waals surface area contributed by atoms with Crippen LogP contribution in [0.4, 0.5) is 4.39 Å². The van der Waals surface area contributed by atoms with E-state index in [0.717, 1.165) is 0 Å². The van der Waals surface area contributed by atoms with E-state index in [1.54, 1.807) is 6.20 Å². The molecular weight excluding hydrogens is 247 g/mol. The summed E-state index contributed by atoms with van der Waals surface area (Å²) in [5.41, 5.74) is 6.75. The van der Waals surface area contributed by atoms with Crippen LogP contribution in [0, 0.1) is 5.82 Å². The summed E-state index contributed by atoms with van der Waals surface area (Å²) in [6, 6.07) is 1.73. The largest absolute Gasteiger partial charge is 0.480 e. The van der Waals surface area contributed by atoms with Crippen LogP contribution < -0.4 is 5.73 Å². The summed E-state index contributed by atoms with van der Waals surface area (Å²) in [6.07, 6.45) is 1.75. The Morgan fingerprint density at radius 3 is 2.94 bits per heavy atom. The molecule has 2 rings (SSSR count). The number of carboxylic acid groups (broad SMARTS) is 1. The number of halogens is 2. The van der Waals surface area contributed by atoms with E-state index >= 15 is 0 Å². The summed E-state index contributed by atoms with van der Waals surface area (Å²) in [5, 5.41) is 9.34. The van der Waals surface area contributed by atoms with Gasteiger partial charge < -0.3 is 15.8 Å². The summed E-state index contributed by atoms with van der Waals surface area (Å²) in [6.45, 7) is 0. The van der Waals surface area contributed by atoms with Gasteiger partial charge in [-0.15, -0.1) is 0 Å². The molecular formula is C11H10ClFN2O2. The molecule has 0 saturated heterocycles. The third-order valence-electron chi connectivity index (χ3n) is 2.57. The van der Waals surface area contributed by atoms with Crippen LogP contribution in [-0.4, -0.2) is 22.1 Å². The Morgan fingerprint density at radius 2 is 2.29 bits per heavy atom. The molecule has 0 fully saturated rings. The molecule has 1 atom stereocenters. The fourth-order valence-electron chi connectivity index (χ4n) is 1.67. The maximum absolute atomic E-state index is 13.3. The van der Waals surface area contributed by atoms with Gasteiger partial charge >= 0.3 is 5.97 Å². The average Bonchev–Trinajstić information content (AvgIpc) is 2.62. The Balaban J connectivity index is 2.42. The monoisotopic (exact) mass is 256 g/mol. The number of aromatic amines is 1. The number of carboxylic acids is 1. The summed E-state index contributed by atoms with van der Waals surface area (Å²) >= 11 is 5.64. The zero-order valence-electron chi connectivity index (χ0n) is 8.71. The Hall–Kier alpha value is -1.59. The molecule has 4 nitrogen and oxygen atoms in total. The molecule has 0 amide bonds. The van der Waals surface area contributed by atoms with E-state index in [1.165, 1.54) is 12.1 Å². The fraction of sp³-hybridized carbons (Fsp3) is 0.182. The fourth-order valence-corrected chi connectivity index (χ4v) is 1.83. The second-order valence-corrected chi connectivity index (χ2v) is 4.18. The predicted molar refractivity (Wildman–Crippen MR) is 62.6 cm³/mol. The van der Waals surface area contributed by atoms with Crippen molar-refractivity contribution in [3.8, 4) is 0 Å². The van der Waals surface area contributed by atoms with Crippen LogP contribution in [0.1, 0.15) is 5.56 Å². The van der Waals surface area contributed by atoms with E-state index in [0.29, 0.717) is 16.5 Å². The number of nitrogens with one attached hydrogen (secondary N) is 1. The van der Waals surface area contributed by atoms with Gasteiger partial charge in [0.25, 0.3) is 0 Å². The van der Waals surface area contributed by atoms with Crippen LogP contribution in [-0.2, 0) is 11.2 Å². The molecule has 1 aromatic heterocycles. The molecule has 1 heterocycles. The van der Waals surface area contributed by atoms with Gasteiger partial charge in [0.15, 0.2) is 0 Å². The van der Waals surface area contributed by atoms with Gasteiger partial charge in [-0.25, -0.2) is 4.39 Å². The minimum atomic E-state index is -1.09. The highest BCUT2D eigenvalue weighted by molar-refractivity contribution is 6.31. The van der Waals surface area contributed by atoms with Crippen LogP contribution in [0.3, 0.4) is 0 Å². The summed E-state index contributed by atoms with van der Waals surface area (Å²) in [4.78, 5) is 13.6. The first-order valence-corrected chi connectivity index (χ1v) is 5.30. The highest BCUT2D eigenvalue weighted by atomic mass is 35.5. The molecule has 0 radical (unpaired) electrons. The number of benzene rings is 1. The molecule has 4 N–H and O–H groups in total. The number of fused-ring (bicyclic) bond motifs is 1. The molecule has 6 heteroatoms. The smallest absolute Gasteiger partial charge is 0.320 e. The van der Waals surface area contributed by atoms with E-state index in [2.05, 4.69) is 4.98 Å². The van der Waals surface area contributed by atoms with E-state index < -0.39 is 17.8 Å². The second-order valence-electron chi connectivity index (χ2n) is 3.77. The standard InChI is InChI=1S/C11H10ClFN2O2/c12-7-3-10-6(2-8(7)13)5(4-15-10)1-9(14)11(16)17/h2-4,9,15H,1,14H2,(H,16,17)/t9-/m1/s1. The molecule has 0 unspecified atom stereocenters. The van der Waals surface area contributed by atoms with Crippen molar-refractivity contribution < 1.29 is 14.3 Å². The van der Waals surface area contributed by atoms with Crippen molar-refractivity contribution in [2.75, 3.05) is 0 Å². The number of hydrogen-bond acceptors (Lipinski definition) is 2. The summed E-state index contributed by atoms with van der Waals surface area (Å²) in [5.74, 6) is -1.63. The van der Waals surface area contributed by atoms with Gasteiger partial charge in [-0.2, -0.15) is 0 Å². The number of rotatable bonds is 3. The maximum atomic E-state index is 13.3. The van der Waals surface area contributed by atoms with Crippen molar-refractivity contribution in [1.29, 1.82) is 0 Å². The van der Waals surface area contributed by atoms with Crippen molar-refractivity contribution in [1.82, 2.24) is 4.98 Å². The van der Waals surface area contributed by atoms with Gasteiger partial charge in [0.1, 0.15) is 11.9 Å². The van der Waals surface area contributed by atoms with E-state index in [-0.39, 0.29) is 11.4 Å². The van der Waals surface area contributed by atoms with Gasteiger partial charge in [0, 0.05) is 23.5 Å². The van der Waals surface area contributed by atoms with E-state index in [9.17, 15) is 9.18 Å². The predicted octanol–water partition coefficient (Wildman–Crippen LogP) is 1.91. The SMILES string of the molecule is N[C@H](Cc1c[nH]c2cc(Cl)c(F)cc12)C(=O)O. The van der Waals surface area contributed by atoms with Crippen LogP contribution in [0.25, 0.3) is 10.9 Å². The molecule has 0 spiro atoms. The molecule has 0 aliphatic carbocycles. The number of hydrogen-bond donors (Lipinski definition) is 3. The Labute approximate surface area is 101 Å². The Morgan fingerprint density at radius 1 is 1.59 bits per heavy atom. The lowest BCUT2D eigenvalue weighted by molar-refractivity contribution is -0.138. The van der Waals surface area contributed by atoms with Gasteiger partial charge in [-0.1, -0.05) is 11.6 Å². The quantitative estimate of drug-likeness (QED) is 0.785. The average molecular weight is 257 g/mol. The van der Waals surface area contributed by atoms with Crippen LogP contribution in [0.2, 0.25) is 5.02 Å². The van der Waals surface area contributed by atoms with Gasteiger partial charge in [-0.05, 0) is 17.7 Å². The van der Waals surface area contributed by atoms with Gasteiger partial charge in [0.2, 0.25) is 0 Å². The normalized spacial score (nSPS) is 12.9. The third kappa shape index (κ3) is 2.25. The van der Waals surface area contributed by atoms with Crippen molar-refractivity contribution in [2.24, 2.45) is 5.73 Å². The number of aromatic nitrogens is 1. The first-order chi connectivity index (χ1) is 7.99. The number of nitrogens with two attached hydrogens (primary N) is 1. The lowest BCUT2D eigenvalue weighted by Crippen LogP contribution is -2.32. The molecule has 1 aromatic carbocycles. The van der Waals surface area contributed by atoms with E-state index in [4.69, 9.17) is 22.4 Å². The zero-order valence-corrected chi connectivity index (χ0v) is 9.46. The van der Waals surface area contributed by atoms with Gasteiger partial charge in [-0.3, -0.25) is 4.79 Å². The molecule has 2 aromatic rings. The molecule has 17 heavy (non-hydrogen) atoms. The Kier molecular flexibility index (Phi) is 3.04. The van der Waals surface area contributed by atoms with Crippen molar-refractivity contribution >= 4 is 28.5 Å². The highest BCUT2D eigenvalue weighted by Crippen LogP contribution is 2.25. The molecule has 0 bridgehead atoms. The van der Waals surface area contributed by atoms with Crippen LogP contribution >= 0.6 is 11.6 Å². The first-order valence-electron chi connectivity index (χ1n) is 4.92. The summed E-state index contributed by atoms with van der Waals surface area (Å²) in [7, 11) is 0. The number of H-pyrrole nitrogens is 1. The summed E-state index contributed by atoms with van der Waals surface area (Å²) < 4.78 is 13.3.